The molecule has 2 aromatic carbocycles. The lowest BCUT2D eigenvalue weighted by Crippen LogP contribution is -2.66. The number of fused-ring (bicyclic) bond motifs is 1. The predicted molar refractivity (Wildman–Crippen MR) is 127 cm³/mol. The summed E-state index contributed by atoms with van der Waals surface area (Å²) in [5, 5.41) is 16.7. The van der Waals surface area contributed by atoms with Gasteiger partial charge in [0.25, 0.3) is 5.91 Å². The van der Waals surface area contributed by atoms with Crippen LogP contribution in [0.1, 0.15) is 19.3 Å². The zero-order chi connectivity index (χ0) is 24.9. The molecule has 1 aliphatic rings. The smallest absolute Gasteiger partial charge is 0.345 e. The molecule has 2 unspecified atom stereocenters. The van der Waals surface area contributed by atoms with E-state index in [4.69, 9.17) is 4.84 Å². The molecule has 1 aliphatic heterocycles. The first kappa shape index (κ1) is 24.6. The molecule has 0 radical (unpaired) electrons. The number of carbonyl (C=O) groups excluding carboxylic acids is 1. The maximum Gasteiger partial charge on any atom is 0.345 e. The van der Waals surface area contributed by atoms with Crippen molar-refractivity contribution in [3.63, 3.8) is 0 Å². The monoisotopic (exact) mass is 502 g/mol. The third kappa shape index (κ3) is 5.59. The fourth-order valence-corrected chi connectivity index (χ4v) is 5.41. The Hall–Kier alpha value is -3.52. The minimum absolute atomic E-state index is 0.0945. The van der Waals surface area contributed by atoms with Gasteiger partial charge in [0.05, 0.1) is 4.90 Å². The second-order valence-corrected chi connectivity index (χ2v) is 9.69. The van der Waals surface area contributed by atoms with E-state index in [1.165, 1.54) is 6.07 Å². The summed E-state index contributed by atoms with van der Waals surface area (Å²) in [5.74, 6) is -1.80. The van der Waals surface area contributed by atoms with Crippen molar-refractivity contribution in [1.82, 2.24) is 25.5 Å². The minimum Gasteiger partial charge on any atom is -0.478 e. The van der Waals surface area contributed by atoms with Crippen LogP contribution in [0.5, 0.6) is 0 Å². The summed E-state index contributed by atoms with van der Waals surface area (Å²) < 4.78 is 29.3. The standard InChI is InChI=1S/C22H26N6O6S/c29-19(17-9-12-26-34-17)27-22(20(30)31,10-4-11-23-21-24-13-14-25-21)28-35(32,33)18-8-3-6-15-5-1-2-7-16(15)18/h1-3,5-8,13-14,17,26,28H,4,9-12H2,(H,27,29)(H,30,31)(H2,23,24,25). The number of carboxylic acids is 1. The van der Waals surface area contributed by atoms with E-state index in [0.717, 1.165) is 0 Å². The summed E-state index contributed by atoms with van der Waals surface area (Å²) in [7, 11) is -4.38. The zero-order valence-corrected chi connectivity index (χ0v) is 19.5. The SMILES string of the molecule is O=C(NC(CCCNc1ncc[nH]1)(NS(=O)(=O)c1cccc2ccccc12)C(=O)O)C1CCNO1. The molecule has 13 heteroatoms. The molecule has 35 heavy (non-hydrogen) atoms. The quantitative estimate of drug-likeness (QED) is 0.165. The van der Waals surface area contributed by atoms with E-state index in [0.29, 0.717) is 29.7 Å². The molecule has 2 atom stereocenters. The van der Waals surface area contributed by atoms with E-state index in [2.05, 4.69) is 30.8 Å². The Morgan fingerprint density at radius 1 is 1.20 bits per heavy atom. The summed E-state index contributed by atoms with van der Waals surface area (Å²) in [6.45, 7) is 0.683. The number of imidazole rings is 1. The van der Waals surface area contributed by atoms with Crippen molar-refractivity contribution in [3.8, 4) is 0 Å². The van der Waals surface area contributed by atoms with Crippen molar-refractivity contribution in [2.45, 2.75) is 35.9 Å². The van der Waals surface area contributed by atoms with Crippen LogP contribution in [0.25, 0.3) is 10.8 Å². The van der Waals surface area contributed by atoms with Crippen molar-refractivity contribution in [2.75, 3.05) is 18.4 Å². The van der Waals surface area contributed by atoms with Crippen molar-refractivity contribution in [1.29, 1.82) is 0 Å². The highest BCUT2D eigenvalue weighted by Crippen LogP contribution is 2.25. The van der Waals surface area contributed by atoms with Gasteiger partial charge in [0.15, 0.2) is 12.1 Å². The molecule has 2 heterocycles. The number of aliphatic carboxylic acids is 1. The summed E-state index contributed by atoms with van der Waals surface area (Å²) in [5.41, 5.74) is 0.247. The number of rotatable bonds is 11. The number of H-pyrrole nitrogens is 1. The number of hydroxylamine groups is 1. The highest BCUT2D eigenvalue weighted by molar-refractivity contribution is 7.89. The van der Waals surface area contributed by atoms with E-state index >= 15 is 0 Å². The molecule has 1 aromatic heterocycles. The molecule has 4 rings (SSSR count). The van der Waals surface area contributed by atoms with E-state index in [9.17, 15) is 23.1 Å². The molecule has 6 N–H and O–H groups in total. The van der Waals surface area contributed by atoms with Gasteiger partial charge in [0.1, 0.15) is 0 Å². The molecule has 3 aromatic rings. The molecule has 1 saturated heterocycles. The van der Waals surface area contributed by atoms with Gasteiger partial charge in [-0.05, 0) is 30.7 Å². The lowest BCUT2D eigenvalue weighted by atomic mass is 10.0. The van der Waals surface area contributed by atoms with Crippen LogP contribution in [0.4, 0.5) is 5.95 Å². The maximum absolute atomic E-state index is 13.5. The topological polar surface area (TPSA) is 175 Å². The van der Waals surface area contributed by atoms with Gasteiger partial charge in [0, 0.05) is 30.9 Å². The van der Waals surface area contributed by atoms with Gasteiger partial charge in [-0.3, -0.25) is 9.63 Å². The van der Waals surface area contributed by atoms with Gasteiger partial charge in [0.2, 0.25) is 15.7 Å². The molecule has 1 amide bonds. The van der Waals surface area contributed by atoms with Crippen LogP contribution in [0, 0.1) is 0 Å². The minimum atomic E-state index is -4.38. The number of amides is 1. The Morgan fingerprint density at radius 3 is 2.71 bits per heavy atom. The van der Waals surface area contributed by atoms with E-state index in [1.54, 1.807) is 48.8 Å². The summed E-state index contributed by atoms with van der Waals surface area (Å²) in [4.78, 5) is 37.3. The number of hydrogen-bond donors (Lipinski definition) is 6. The van der Waals surface area contributed by atoms with Gasteiger partial charge in [-0.25, -0.2) is 23.7 Å². The number of carbonyl (C=O) groups is 2. The number of nitrogens with zero attached hydrogens (tertiary/aromatic N) is 1. The summed E-state index contributed by atoms with van der Waals surface area (Å²) in [6.07, 6.45) is 2.49. The van der Waals surface area contributed by atoms with Crippen LogP contribution in [0.15, 0.2) is 59.8 Å². The van der Waals surface area contributed by atoms with Crippen LogP contribution in [-0.4, -0.2) is 60.2 Å². The molecule has 12 nitrogen and oxygen atoms in total. The van der Waals surface area contributed by atoms with Gasteiger partial charge in [-0.15, -0.1) is 0 Å². The number of anilines is 1. The lowest BCUT2D eigenvalue weighted by molar-refractivity contribution is -0.151. The Bertz CT molecular complexity index is 1290. The van der Waals surface area contributed by atoms with Gasteiger partial charge < -0.3 is 20.7 Å². The molecular formula is C22H26N6O6S. The number of aromatic nitrogens is 2. The Labute approximate surface area is 201 Å². The van der Waals surface area contributed by atoms with Crippen molar-refractivity contribution in [3.05, 3.63) is 54.9 Å². The number of nitrogens with one attached hydrogen (secondary N) is 5. The van der Waals surface area contributed by atoms with Crippen molar-refractivity contribution < 1.29 is 28.0 Å². The van der Waals surface area contributed by atoms with Gasteiger partial charge in [-0.1, -0.05) is 36.4 Å². The third-order valence-electron chi connectivity index (χ3n) is 5.60. The highest BCUT2D eigenvalue weighted by atomic mass is 32.2. The van der Waals surface area contributed by atoms with Crippen LogP contribution in [0.2, 0.25) is 0 Å². The fraction of sp³-hybridized carbons (Fsp3) is 0.318. The number of benzene rings is 2. The van der Waals surface area contributed by atoms with Gasteiger partial charge >= 0.3 is 5.97 Å². The normalized spacial score (nSPS) is 17.7. The van der Waals surface area contributed by atoms with Crippen LogP contribution in [0.3, 0.4) is 0 Å². The zero-order valence-electron chi connectivity index (χ0n) is 18.7. The first-order chi connectivity index (χ1) is 16.8. The molecule has 0 bridgehead atoms. The molecule has 1 fully saturated rings. The molecule has 0 spiro atoms. The number of aromatic amines is 1. The third-order valence-corrected chi connectivity index (χ3v) is 7.15. The largest absolute Gasteiger partial charge is 0.478 e. The predicted octanol–water partition coefficient (Wildman–Crippen LogP) is 0.924. The van der Waals surface area contributed by atoms with Crippen molar-refractivity contribution in [2.24, 2.45) is 0 Å². The Balaban J connectivity index is 1.62. The maximum atomic E-state index is 13.5. The highest BCUT2D eigenvalue weighted by Gasteiger charge is 2.45. The molecule has 0 aliphatic carbocycles. The summed E-state index contributed by atoms with van der Waals surface area (Å²) >= 11 is 0. The lowest BCUT2D eigenvalue weighted by Gasteiger charge is -2.32. The second kappa shape index (κ2) is 10.4. The Morgan fingerprint density at radius 2 is 2.00 bits per heavy atom. The average molecular weight is 503 g/mol. The first-order valence-corrected chi connectivity index (χ1v) is 12.5. The van der Waals surface area contributed by atoms with Crippen LogP contribution in [-0.2, 0) is 24.4 Å². The van der Waals surface area contributed by atoms with Crippen molar-refractivity contribution >= 4 is 38.6 Å². The first-order valence-electron chi connectivity index (χ1n) is 11.0. The fourth-order valence-electron chi connectivity index (χ4n) is 3.86. The molecule has 0 saturated carbocycles. The number of carboxylic acid groups (broad SMARTS) is 1. The second-order valence-electron chi connectivity index (χ2n) is 8.04. The summed E-state index contributed by atoms with van der Waals surface area (Å²) in [6, 6.07) is 11.6. The Kier molecular flexibility index (Phi) is 7.31. The molecule has 186 valence electrons. The number of sulfonamides is 1. The van der Waals surface area contributed by atoms with E-state index < -0.39 is 33.7 Å². The average Bonchev–Trinajstić information content (AvgIpc) is 3.55. The van der Waals surface area contributed by atoms with Crippen LogP contribution < -0.4 is 20.8 Å². The van der Waals surface area contributed by atoms with Gasteiger partial charge in [-0.2, -0.15) is 4.72 Å². The van der Waals surface area contributed by atoms with E-state index in [1.807, 2.05) is 0 Å². The molecular weight excluding hydrogens is 476 g/mol. The number of hydrogen-bond acceptors (Lipinski definition) is 8. The van der Waals surface area contributed by atoms with Crippen LogP contribution >= 0.6 is 0 Å². The van der Waals surface area contributed by atoms with E-state index in [-0.39, 0.29) is 24.3 Å².